The van der Waals surface area contributed by atoms with Crippen LogP contribution in [0.2, 0.25) is 0 Å². The lowest BCUT2D eigenvalue weighted by Crippen LogP contribution is -2.32. The van der Waals surface area contributed by atoms with Gasteiger partial charge in [0.1, 0.15) is 11.6 Å². The largest absolute Gasteiger partial charge is 0.327 e. The summed E-state index contributed by atoms with van der Waals surface area (Å²) in [5.41, 5.74) is 7.13. The topological polar surface area (TPSA) is 43.8 Å². The average molecular weight is 221 g/mol. The van der Waals surface area contributed by atoms with Gasteiger partial charge in [0.15, 0.2) is 0 Å². The van der Waals surface area contributed by atoms with Crippen molar-refractivity contribution in [3.05, 3.63) is 29.8 Å². The van der Waals surface area contributed by atoms with Gasteiger partial charge in [-0.05, 0) is 39.0 Å². The molecule has 0 aliphatic rings. The number of hydrogen-bond donors (Lipinski definition) is 1. The van der Waals surface area contributed by atoms with E-state index in [0.717, 1.165) is 23.4 Å². The number of benzene rings is 1. The number of imidazole rings is 1. The number of aromatic nitrogens is 2. The minimum Gasteiger partial charge on any atom is -0.327 e. The summed E-state index contributed by atoms with van der Waals surface area (Å²) in [6, 6.07) is 4.61. The second-order valence-electron chi connectivity index (χ2n) is 4.53. The summed E-state index contributed by atoms with van der Waals surface area (Å²) in [6.07, 6.45) is 0. The van der Waals surface area contributed by atoms with Gasteiger partial charge in [0, 0.05) is 6.54 Å². The highest BCUT2D eigenvalue weighted by molar-refractivity contribution is 5.76. The zero-order chi connectivity index (χ0) is 11.9. The Morgan fingerprint density at radius 1 is 1.44 bits per heavy atom. The summed E-state index contributed by atoms with van der Waals surface area (Å²) in [5, 5.41) is 0. The molecule has 0 aliphatic heterocycles. The van der Waals surface area contributed by atoms with Crippen LogP contribution < -0.4 is 5.73 Å². The van der Waals surface area contributed by atoms with E-state index < -0.39 is 5.54 Å². The van der Waals surface area contributed by atoms with Gasteiger partial charge in [-0.15, -0.1) is 0 Å². The molecule has 1 heterocycles. The number of halogens is 1. The lowest BCUT2D eigenvalue weighted by atomic mass is 10.1. The fourth-order valence-corrected chi connectivity index (χ4v) is 1.91. The van der Waals surface area contributed by atoms with Gasteiger partial charge in [-0.3, -0.25) is 0 Å². The zero-order valence-electron chi connectivity index (χ0n) is 9.79. The molecule has 0 bridgehead atoms. The molecule has 0 saturated carbocycles. The predicted octanol–water partition coefficient (Wildman–Crippen LogP) is 2.39. The van der Waals surface area contributed by atoms with E-state index in [1.807, 2.05) is 25.3 Å². The molecule has 16 heavy (non-hydrogen) atoms. The second-order valence-corrected chi connectivity index (χ2v) is 4.53. The number of nitrogens with zero attached hydrogens (tertiary/aromatic N) is 2. The molecule has 2 rings (SSSR count). The molecule has 0 atom stereocenters. The third-order valence-corrected chi connectivity index (χ3v) is 2.60. The number of rotatable bonds is 2. The molecule has 0 aliphatic carbocycles. The highest BCUT2D eigenvalue weighted by Crippen LogP contribution is 2.23. The van der Waals surface area contributed by atoms with Gasteiger partial charge in [-0.25, -0.2) is 9.37 Å². The highest BCUT2D eigenvalue weighted by Gasteiger charge is 2.22. The van der Waals surface area contributed by atoms with Crippen molar-refractivity contribution in [2.45, 2.75) is 32.9 Å². The molecular weight excluding hydrogens is 205 g/mol. The Morgan fingerprint density at radius 2 is 2.12 bits per heavy atom. The van der Waals surface area contributed by atoms with Gasteiger partial charge in [0.2, 0.25) is 0 Å². The third-order valence-electron chi connectivity index (χ3n) is 2.60. The molecule has 1 aromatic carbocycles. The summed E-state index contributed by atoms with van der Waals surface area (Å²) < 4.78 is 15.1. The Hall–Kier alpha value is -1.42. The lowest BCUT2D eigenvalue weighted by molar-refractivity contribution is 0.485. The van der Waals surface area contributed by atoms with Gasteiger partial charge in [-0.1, -0.05) is 0 Å². The monoisotopic (exact) mass is 221 g/mol. The van der Waals surface area contributed by atoms with Crippen molar-refractivity contribution < 1.29 is 4.39 Å². The molecule has 0 amide bonds. The van der Waals surface area contributed by atoms with Gasteiger partial charge in [-0.2, -0.15) is 0 Å². The van der Waals surface area contributed by atoms with E-state index in [9.17, 15) is 4.39 Å². The van der Waals surface area contributed by atoms with Gasteiger partial charge < -0.3 is 10.3 Å². The molecule has 3 nitrogen and oxygen atoms in total. The summed E-state index contributed by atoms with van der Waals surface area (Å²) >= 11 is 0. The molecule has 4 heteroatoms. The van der Waals surface area contributed by atoms with Crippen LogP contribution >= 0.6 is 0 Å². The Kier molecular flexibility index (Phi) is 2.46. The van der Waals surface area contributed by atoms with Crippen molar-refractivity contribution in [2.75, 3.05) is 0 Å². The third kappa shape index (κ3) is 1.69. The minimum atomic E-state index is -0.522. The van der Waals surface area contributed by atoms with Gasteiger partial charge in [0.05, 0.1) is 16.6 Å². The molecule has 2 aromatic rings. The molecule has 1 aromatic heterocycles. The van der Waals surface area contributed by atoms with E-state index in [1.165, 1.54) is 12.1 Å². The van der Waals surface area contributed by atoms with Crippen LogP contribution in [0, 0.1) is 5.82 Å². The fraction of sp³-hybridized carbons (Fsp3) is 0.417. The summed E-state index contributed by atoms with van der Waals surface area (Å²) in [4.78, 5) is 4.47. The van der Waals surface area contributed by atoms with E-state index in [-0.39, 0.29) is 5.82 Å². The van der Waals surface area contributed by atoms with Crippen molar-refractivity contribution >= 4 is 11.0 Å². The molecule has 0 spiro atoms. The summed E-state index contributed by atoms with van der Waals surface area (Å²) in [7, 11) is 0. The fourth-order valence-electron chi connectivity index (χ4n) is 1.91. The maximum Gasteiger partial charge on any atom is 0.129 e. The summed E-state index contributed by atoms with van der Waals surface area (Å²) in [6.45, 7) is 6.53. The highest BCUT2D eigenvalue weighted by atomic mass is 19.1. The number of fused-ring (bicyclic) bond motifs is 1. The van der Waals surface area contributed by atoms with E-state index >= 15 is 0 Å². The summed E-state index contributed by atoms with van der Waals surface area (Å²) in [5.74, 6) is 0.541. The van der Waals surface area contributed by atoms with E-state index in [2.05, 4.69) is 4.98 Å². The number of nitrogens with two attached hydrogens (primary N) is 1. The first-order chi connectivity index (χ1) is 7.43. The Morgan fingerprint density at radius 3 is 2.69 bits per heavy atom. The maximum atomic E-state index is 13.2. The van der Waals surface area contributed by atoms with E-state index in [4.69, 9.17) is 5.73 Å². The number of aryl methyl sites for hydroxylation is 1. The van der Waals surface area contributed by atoms with E-state index in [1.54, 1.807) is 6.07 Å². The van der Waals surface area contributed by atoms with Crippen LogP contribution in [0.5, 0.6) is 0 Å². The van der Waals surface area contributed by atoms with Crippen molar-refractivity contribution in [1.29, 1.82) is 0 Å². The molecule has 86 valence electrons. The predicted molar refractivity (Wildman–Crippen MR) is 62.6 cm³/mol. The van der Waals surface area contributed by atoms with Crippen molar-refractivity contribution in [2.24, 2.45) is 5.73 Å². The molecule has 0 saturated heterocycles. The van der Waals surface area contributed by atoms with Gasteiger partial charge in [0.25, 0.3) is 0 Å². The normalized spacial score (nSPS) is 12.3. The van der Waals surface area contributed by atoms with Crippen LogP contribution in [0.3, 0.4) is 0 Å². The van der Waals surface area contributed by atoms with Crippen molar-refractivity contribution in [3.63, 3.8) is 0 Å². The maximum absolute atomic E-state index is 13.2. The zero-order valence-corrected chi connectivity index (χ0v) is 9.79. The first kappa shape index (κ1) is 11.1. The Balaban J connectivity index is 2.77. The SMILES string of the molecule is CCn1c(C(C)(C)N)nc2ccc(F)cc21. The smallest absolute Gasteiger partial charge is 0.129 e. The minimum absolute atomic E-state index is 0.247. The van der Waals surface area contributed by atoms with Crippen LogP contribution in [0.4, 0.5) is 4.39 Å². The van der Waals surface area contributed by atoms with Crippen LogP contribution in [-0.4, -0.2) is 9.55 Å². The van der Waals surface area contributed by atoms with E-state index in [0.29, 0.717) is 0 Å². The molecular formula is C12H16FN3. The van der Waals surface area contributed by atoms with Crippen LogP contribution in [0.25, 0.3) is 11.0 Å². The lowest BCUT2D eigenvalue weighted by Gasteiger charge is -2.19. The molecule has 0 fully saturated rings. The molecule has 2 N–H and O–H groups in total. The van der Waals surface area contributed by atoms with Crippen LogP contribution in [0.15, 0.2) is 18.2 Å². The standard InChI is InChI=1S/C12H16FN3/c1-4-16-10-7-8(13)5-6-9(10)15-11(16)12(2,3)14/h5-7H,4,14H2,1-3H3. The van der Waals surface area contributed by atoms with Gasteiger partial charge >= 0.3 is 0 Å². The molecule has 0 unspecified atom stereocenters. The van der Waals surface area contributed by atoms with Crippen LogP contribution in [-0.2, 0) is 12.1 Å². The average Bonchev–Trinajstić information content (AvgIpc) is 2.54. The Labute approximate surface area is 94.1 Å². The second kappa shape index (κ2) is 3.56. The Bertz CT molecular complexity index is 523. The van der Waals surface area contributed by atoms with Crippen molar-refractivity contribution in [3.8, 4) is 0 Å². The first-order valence-electron chi connectivity index (χ1n) is 5.38. The molecule has 0 radical (unpaired) electrons. The quantitative estimate of drug-likeness (QED) is 0.846. The van der Waals surface area contributed by atoms with Crippen molar-refractivity contribution in [1.82, 2.24) is 9.55 Å². The first-order valence-corrected chi connectivity index (χ1v) is 5.38. The number of hydrogen-bond acceptors (Lipinski definition) is 2. The van der Waals surface area contributed by atoms with Crippen LogP contribution in [0.1, 0.15) is 26.6 Å².